The summed E-state index contributed by atoms with van der Waals surface area (Å²) in [7, 11) is 0. The van der Waals surface area contributed by atoms with E-state index >= 15 is 0 Å². The zero-order chi connectivity index (χ0) is 13.5. The van der Waals surface area contributed by atoms with Gasteiger partial charge >= 0.3 is 0 Å². The highest BCUT2D eigenvalue weighted by molar-refractivity contribution is 8.00. The summed E-state index contributed by atoms with van der Waals surface area (Å²) in [6.45, 7) is 3.96. The summed E-state index contributed by atoms with van der Waals surface area (Å²) in [5.41, 5.74) is 0.867. The van der Waals surface area contributed by atoms with Gasteiger partial charge in [0, 0.05) is 23.4 Å². The number of aromatic nitrogens is 2. The Hall–Kier alpha value is -0.360. The maximum atomic E-state index is 6.03. The molecule has 0 N–H and O–H groups in total. The van der Waals surface area contributed by atoms with Crippen LogP contribution < -0.4 is 0 Å². The van der Waals surface area contributed by atoms with Crippen LogP contribution in [0.25, 0.3) is 0 Å². The van der Waals surface area contributed by atoms with E-state index in [2.05, 4.69) is 9.97 Å². The summed E-state index contributed by atoms with van der Waals surface area (Å²) in [5, 5.41) is 0.954. The third kappa shape index (κ3) is 2.89. The van der Waals surface area contributed by atoms with Crippen molar-refractivity contribution in [3.8, 4) is 0 Å². The van der Waals surface area contributed by atoms with Crippen molar-refractivity contribution >= 4 is 23.4 Å². The lowest BCUT2D eigenvalue weighted by Crippen LogP contribution is -2.28. The van der Waals surface area contributed by atoms with Crippen molar-refractivity contribution in [2.24, 2.45) is 0 Å². The van der Waals surface area contributed by atoms with Gasteiger partial charge in [-0.15, -0.1) is 0 Å². The smallest absolute Gasteiger partial charge is 0.163 e. The number of halogens is 1. The fraction of sp³-hybridized carbons (Fsp3) is 0.692. The highest BCUT2D eigenvalue weighted by Crippen LogP contribution is 2.42. The van der Waals surface area contributed by atoms with Gasteiger partial charge < -0.3 is 9.47 Å². The van der Waals surface area contributed by atoms with E-state index in [1.807, 2.05) is 25.6 Å². The molecule has 0 unspecified atom stereocenters. The van der Waals surface area contributed by atoms with Crippen LogP contribution >= 0.6 is 23.4 Å². The summed E-state index contributed by atoms with van der Waals surface area (Å²) in [4.78, 5) is 8.33. The van der Waals surface area contributed by atoms with Crippen molar-refractivity contribution < 1.29 is 9.47 Å². The Morgan fingerprint density at radius 3 is 2.95 bits per heavy atom. The second-order valence-corrected chi connectivity index (χ2v) is 6.97. The molecule has 0 aliphatic carbocycles. The van der Waals surface area contributed by atoms with E-state index in [-0.39, 0.29) is 12.2 Å². The average Bonchev–Trinajstić information content (AvgIpc) is 2.84. The molecule has 2 aliphatic heterocycles. The molecule has 0 bridgehead atoms. The topological polar surface area (TPSA) is 44.2 Å². The molecule has 2 aliphatic rings. The first-order valence-corrected chi connectivity index (χ1v) is 7.90. The van der Waals surface area contributed by atoms with Crippen molar-refractivity contribution in [1.82, 2.24) is 9.97 Å². The Bertz CT molecular complexity index is 472. The predicted molar refractivity (Wildman–Crippen MR) is 75.4 cm³/mol. The molecule has 2 fully saturated rings. The molecule has 3 rings (SSSR count). The average molecular weight is 301 g/mol. The van der Waals surface area contributed by atoms with Crippen LogP contribution in [-0.2, 0) is 15.9 Å². The first-order chi connectivity index (χ1) is 9.05. The van der Waals surface area contributed by atoms with Gasteiger partial charge in [-0.1, -0.05) is 11.6 Å². The number of nitrogens with zero attached hydrogens (tertiary/aromatic N) is 2. The van der Waals surface area contributed by atoms with Crippen LogP contribution in [0.5, 0.6) is 0 Å². The van der Waals surface area contributed by atoms with Crippen LogP contribution in [0, 0.1) is 0 Å². The van der Waals surface area contributed by atoms with E-state index in [1.54, 1.807) is 12.4 Å². The minimum atomic E-state index is -0.446. The van der Waals surface area contributed by atoms with Crippen molar-refractivity contribution in [2.75, 3.05) is 5.75 Å². The third-order valence-corrected chi connectivity index (χ3v) is 5.22. The van der Waals surface area contributed by atoms with Crippen LogP contribution in [-0.4, -0.2) is 39.0 Å². The lowest BCUT2D eigenvalue weighted by molar-refractivity contribution is -0.145. The molecule has 1 aromatic heterocycles. The number of hydrogen-bond donors (Lipinski definition) is 0. The quantitative estimate of drug-likeness (QED) is 0.859. The van der Waals surface area contributed by atoms with E-state index in [1.165, 1.54) is 0 Å². The van der Waals surface area contributed by atoms with E-state index < -0.39 is 5.79 Å². The molecule has 1 aromatic rings. The van der Waals surface area contributed by atoms with E-state index in [4.69, 9.17) is 21.1 Å². The first-order valence-electron chi connectivity index (χ1n) is 6.48. The lowest BCUT2D eigenvalue weighted by Gasteiger charge is -2.21. The predicted octanol–water partition coefficient (Wildman–Crippen LogP) is 2.70. The molecular formula is C13H17ClN2O2S. The molecule has 3 atom stereocenters. The molecule has 4 nitrogen and oxygen atoms in total. The van der Waals surface area contributed by atoms with Crippen LogP contribution in [0.1, 0.15) is 26.0 Å². The fourth-order valence-corrected chi connectivity index (χ4v) is 4.26. The van der Waals surface area contributed by atoms with Gasteiger partial charge in [-0.2, -0.15) is 11.8 Å². The molecule has 6 heteroatoms. The molecule has 0 spiro atoms. The Balaban J connectivity index is 1.61. The number of rotatable bonds is 3. The SMILES string of the molecule is CC1(C)O[C@@H]2[C@@H](CS[C@@H]2CCc2nccnc2Cl)O1. The minimum Gasteiger partial charge on any atom is -0.344 e. The molecule has 0 saturated carbocycles. The normalized spacial score (nSPS) is 32.5. The number of aryl methyl sites for hydroxylation is 1. The monoisotopic (exact) mass is 300 g/mol. The number of ether oxygens (including phenoxy) is 2. The highest BCUT2D eigenvalue weighted by atomic mass is 35.5. The van der Waals surface area contributed by atoms with Gasteiger partial charge in [0.15, 0.2) is 5.79 Å². The molecule has 3 heterocycles. The zero-order valence-corrected chi connectivity index (χ0v) is 12.6. The molecule has 2 saturated heterocycles. The van der Waals surface area contributed by atoms with Crippen LogP contribution in [0.15, 0.2) is 12.4 Å². The van der Waals surface area contributed by atoms with Crippen molar-refractivity contribution in [1.29, 1.82) is 0 Å². The Kier molecular flexibility index (Phi) is 3.73. The van der Waals surface area contributed by atoms with Gasteiger partial charge in [-0.25, -0.2) is 4.98 Å². The second kappa shape index (κ2) is 5.20. The Labute approximate surface area is 122 Å². The summed E-state index contributed by atoms with van der Waals surface area (Å²) in [5.74, 6) is 0.561. The zero-order valence-electron chi connectivity index (χ0n) is 11.0. The standard InChI is InChI=1S/C13H17ClN2O2S/c1-13(2)17-9-7-19-10(11(9)18-13)4-3-8-12(14)16-6-5-15-8/h5-6,9-11H,3-4,7H2,1-2H3/t9-,10-,11-/m1/s1. The van der Waals surface area contributed by atoms with Crippen LogP contribution in [0.3, 0.4) is 0 Å². The van der Waals surface area contributed by atoms with Crippen molar-refractivity contribution in [3.05, 3.63) is 23.2 Å². The molecule has 104 valence electrons. The molecule has 19 heavy (non-hydrogen) atoms. The van der Waals surface area contributed by atoms with Gasteiger partial charge in [0.25, 0.3) is 0 Å². The molecule has 0 radical (unpaired) electrons. The van der Waals surface area contributed by atoms with Gasteiger partial charge in [0.05, 0.1) is 17.9 Å². The van der Waals surface area contributed by atoms with Crippen LogP contribution in [0.4, 0.5) is 0 Å². The summed E-state index contributed by atoms with van der Waals surface area (Å²) >= 11 is 7.95. The second-order valence-electron chi connectivity index (χ2n) is 5.34. The van der Waals surface area contributed by atoms with E-state index in [9.17, 15) is 0 Å². The molecule has 0 amide bonds. The summed E-state index contributed by atoms with van der Waals surface area (Å²) in [6.07, 6.45) is 5.53. The largest absolute Gasteiger partial charge is 0.344 e. The van der Waals surface area contributed by atoms with Gasteiger partial charge in [0.1, 0.15) is 5.15 Å². The summed E-state index contributed by atoms with van der Waals surface area (Å²) < 4.78 is 11.9. The minimum absolute atomic E-state index is 0.190. The van der Waals surface area contributed by atoms with Crippen LogP contribution in [0.2, 0.25) is 5.15 Å². The lowest BCUT2D eigenvalue weighted by atomic mass is 10.1. The number of fused-ring (bicyclic) bond motifs is 1. The molecular weight excluding hydrogens is 284 g/mol. The number of hydrogen-bond acceptors (Lipinski definition) is 5. The van der Waals surface area contributed by atoms with E-state index in [0.717, 1.165) is 24.3 Å². The maximum Gasteiger partial charge on any atom is 0.163 e. The van der Waals surface area contributed by atoms with Gasteiger partial charge in [0.2, 0.25) is 0 Å². The number of thioether (sulfide) groups is 1. The Morgan fingerprint density at radius 1 is 1.37 bits per heavy atom. The first kappa shape index (κ1) is 13.6. The van der Waals surface area contributed by atoms with Crippen molar-refractivity contribution in [3.63, 3.8) is 0 Å². The van der Waals surface area contributed by atoms with Gasteiger partial charge in [-0.05, 0) is 26.7 Å². The van der Waals surface area contributed by atoms with Crippen molar-refractivity contribution in [2.45, 2.75) is 49.9 Å². The fourth-order valence-electron chi connectivity index (χ4n) is 2.66. The highest BCUT2D eigenvalue weighted by Gasteiger charge is 2.49. The van der Waals surface area contributed by atoms with E-state index in [0.29, 0.717) is 10.4 Å². The van der Waals surface area contributed by atoms with Gasteiger partial charge in [-0.3, -0.25) is 4.98 Å². The maximum absolute atomic E-state index is 6.03. The summed E-state index contributed by atoms with van der Waals surface area (Å²) in [6, 6.07) is 0. The Morgan fingerprint density at radius 2 is 2.16 bits per heavy atom. The molecule has 0 aromatic carbocycles. The third-order valence-electron chi connectivity index (χ3n) is 3.45.